The molecular formula is C14H22N2O3S. The van der Waals surface area contributed by atoms with E-state index < -0.39 is 0 Å². The van der Waals surface area contributed by atoms with E-state index in [9.17, 15) is 4.79 Å². The SMILES string of the molecule is C=C(C)c1cc(C(=O)OC)sc1N(CN)C(C)OCC. The molecule has 0 aliphatic heterocycles. The lowest BCUT2D eigenvalue weighted by Gasteiger charge is -2.29. The van der Waals surface area contributed by atoms with Crippen molar-refractivity contribution in [2.45, 2.75) is 27.0 Å². The standard InChI is InChI=1S/C14H22N2O3S/c1-6-19-10(4)16(8-15)13-11(9(2)3)7-12(20-13)14(17)18-5/h7,10H,2,6,8,15H2,1,3-5H3. The second kappa shape index (κ2) is 7.42. The van der Waals surface area contributed by atoms with Crippen LogP contribution in [0.25, 0.3) is 5.57 Å². The zero-order chi connectivity index (χ0) is 15.3. The van der Waals surface area contributed by atoms with Crippen molar-refractivity contribution in [3.63, 3.8) is 0 Å². The largest absolute Gasteiger partial charge is 0.465 e. The Labute approximate surface area is 124 Å². The second-order valence-electron chi connectivity index (χ2n) is 4.31. The van der Waals surface area contributed by atoms with Gasteiger partial charge in [-0.1, -0.05) is 6.58 Å². The number of methoxy groups -OCH3 is 1. The van der Waals surface area contributed by atoms with Crippen molar-refractivity contribution < 1.29 is 14.3 Å². The predicted octanol–water partition coefficient (Wildman–Crippen LogP) is 2.67. The molecule has 0 amide bonds. The summed E-state index contributed by atoms with van der Waals surface area (Å²) in [7, 11) is 1.37. The Kier molecular flexibility index (Phi) is 6.19. The third-order valence-corrected chi connectivity index (χ3v) is 4.02. The molecule has 0 spiro atoms. The minimum Gasteiger partial charge on any atom is -0.465 e. The monoisotopic (exact) mass is 298 g/mol. The Morgan fingerprint density at radius 3 is 2.70 bits per heavy atom. The molecule has 6 heteroatoms. The van der Waals surface area contributed by atoms with Crippen LogP contribution in [-0.4, -0.2) is 32.6 Å². The highest BCUT2D eigenvalue weighted by atomic mass is 32.1. The lowest BCUT2D eigenvalue weighted by atomic mass is 10.1. The maximum atomic E-state index is 11.7. The van der Waals surface area contributed by atoms with E-state index in [4.69, 9.17) is 15.2 Å². The number of nitrogens with two attached hydrogens (primary N) is 1. The molecule has 1 aromatic heterocycles. The maximum absolute atomic E-state index is 11.7. The van der Waals surface area contributed by atoms with Crippen LogP contribution in [0.3, 0.4) is 0 Å². The van der Waals surface area contributed by atoms with Gasteiger partial charge in [0.1, 0.15) is 16.1 Å². The molecule has 5 nitrogen and oxygen atoms in total. The first-order valence-electron chi connectivity index (χ1n) is 6.42. The number of esters is 1. The van der Waals surface area contributed by atoms with Crippen molar-refractivity contribution in [3.8, 4) is 0 Å². The molecule has 0 aromatic carbocycles. The highest BCUT2D eigenvalue weighted by molar-refractivity contribution is 7.18. The van der Waals surface area contributed by atoms with Gasteiger partial charge in [0.15, 0.2) is 0 Å². The molecule has 0 radical (unpaired) electrons. The molecule has 0 aliphatic rings. The summed E-state index contributed by atoms with van der Waals surface area (Å²) < 4.78 is 10.4. The van der Waals surface area contributed by atoms with E-state index in [1.807, 2.05) is 25.7 Å². The number of carbonyl (C=O) groups excluding carboxylic acids is 1. The van der Waals surface area contributed by atoms with Crippen molar-refractivity contribution >= 4 is 27.9 Å². The molecule has 112 valence electrons. The van der Waals surface area contributed by atoms with Crippen LogP contribution >= 0.6 is 11.3 Å². The van der Waals surface area contributed by atoms with Gasteiger partial charge < -0.3 is 20.1 Å². The third kappa shape index (κ3) is 3.59. The lowest BCUT2D eigenvalue weighted by molar-refractivity contribution is 0.0606. The summed E-state index contributed by atoms with van der Waals surface area (Å²) in [4.78, 5) is 14.1. The van der Waals surface area contributed by atoms with Gasteiger partial charge in [0.25, 0.3) is 0 Å². The molecule has 0 saturated carbocycles. The van der Waals surface area contributed by atoms with Crippen LogP contribution < -0.4 is 10.6 Å². The Hall–Kier alpha value is -1.37. The number of nitrogens with zero attached hydrogens (tertiary/aromatic N) is 1. The Morgan fingerprint density at radius 1 is 1.60 bits per heavy atom. The summed E-state index contributed by atoms with van der Waals surface area (Å²) in [6, 6.07) is 1.79. The number of carbonyl (C=O) groups is 1. The summed E-state index contributed by atoms with van der Waals surface area (Å²) in [5, 5.41) is 0.876. The summed E-state index contributed by atoms with van der Waals surface area (Å²) in [6.45, 7) is 10.6. The fraction of sp³-hybridized carbons (Fsp3) is 0.500. The molecule has 0 saturated heterocycles. The lowest BCUT2D eigenvalue weighted by Crippen LogP contribution is -2.39. The molecule has 1 heterocycles. The molecule has 1 unspecified atom stereocenters. The van der Waals surface area contributed by atoms with Gasteiger partial charge in [0.2, 0.25) is 0 Å². The van der Waals surface area contributed by atoms with Crippen molar-refractivity contribution in [3.05, 3.63) is 23.1 Å². The molecule has 0 aliphatic carbocycles. The number of hydrogen-bond acceptors (Lipinski definition) is 6. The molecule has 1 rings (SSSR count). The summed E-state index contributed by atoms with van der Waals surface area (Å²) in [5.74, 6) is -0.357. The fourth-order valence-electron chi connectivity index (χ4n) is 1.83. The smallest absolute Gasteiger partial charge is 0.348 e. The van der Waals surface area contributed by atoms with Gasteiger partial charge in [0, 0.05) is 12.2 Å². The van der Waals surface area contributed by atoms with E-state index in [1.54, 1.807) is 6.07 Å². The average Bonchev–Trinajstić information content (AvgIpc) is 2.84. The van der Waals surface area contributed by atoms with Gasteiger partial charge in [-0.3, -0.25) is 0 Å². The van der Waals surface area contributed by atoms with Crippen LogP contribution in [0, 0.1) is 0 Å². The predicted molar refractivity (Wildman–Crippen MR) is 83.0 cm³/mol. The Bertz CT molecular complexity index is 485. The zero-order valence-corrected chi connectivity index (χ0v) is 13.3. The van der Waals surface area contributed by atoms with Crippen LogP contribution in [0.1, 0.15) is 36.0 Å². The van der Waals surface area contributed by atoms with Crippen molar-refractivity contribution in [2.24, 2.45) is 5.73 Å². The van der Waals surface area contributed by atoms with Gasteiger partial charge in [-0.2, -0.15) is 0 Å². The van der Waals surface area contributed by atoms with E-state index in [-0.39, 0.29) is 12.2 Å². The highest BCUT2D eigenvalue weighted by Gasteiger charge is 2.22. The van der Waals surface area contributed by atoms with E-state index in [1.165, 1.54) is 18.4 Å². The normalized spacial score (nSPS) is 12.1. The van der Waals surface area contributed by atoms with E-state index >= 15 is 0 Å². The molecule has 0 fully saturated rings. The van der Waals surface area contributed by atoms with Gasteiger partial charge in [-0.05, 0) is 32.4 Å². The summed E-state index contributed by atoms with van der Waals surface area (Å²) in [6.07, 6.45) is -0.174. The molecule has 0 bridgehead atoms. The van der Waals surface area contributed by atoms with Gasteiger partial charge in [0.05, 0.1) is 13.8 Å². The molecule has 1 atom stereocenters. The van der Waals surface area contributed by atoms with E-state index in [2.05, 4.69) is 6.58 Å². The van der Waals surface area contributed by atoms with Crippen LogP contribution in [-0.2, 0) is 9.47 Å². The summed E-state index contributed by atoms with van der Waals surface area (Å²) in [5.41, 5.74) is 7.59. The molecule has 1 aromatic rings. The van der Waals surface area contributed by atoms with Crippen LogP contribution in [0.5, 0.6) is 0 Å². The molecule has 20 heavy (non-hydrogen) atoms. The number of thiophene rings is 1. The number of anilines is 1. The number of ether oxygens (including phenoxy) is 2. The Morgan fingerprint density at radius 2 is 2.25 bits per heavy atom. The van der Waals surface area contributed by atoms with E-state index in [0.29, 0.717) is 18.2 Å². The Balaban J connectivity index is 3.22. The van der Waals surface area contributed by atoms with Crippen molar-refractivity contribution in [1.82, 2.24) is 0 Å². The van der Waals surface area contributed by atoms with Crippen LogP contribution in [0.2, 0.25) is 0 Å². The number of allylic oxidation sites excluding steroid dienone is 1. The highest BCUT2D eigenvalue weighted by Crippen LogP contribution is 2.36. The minimum atomic E-state index is -0.357. The number of rotatable bonds is 7. The second-order valence-corrected chi connectivity index (χ2v) is 5.34. The van der Waals surface area contributed by atoms with Gasteiger partial charge in [-0.25, -0.2) is 4.79 Å². The zero-order valence-electron chi connectivity index (χ0n) is 12.4. The van der Waals surface area contributed by atoms with E-state index in [0.717, 1.165) is 16.1 Å². The van der Waals surface area contributed by atoms with Crippen LogP contribution in [0.4, 0.5) is 5.00 Å². The number of hydrogen-bond donors (Lipinski definition) is 1. The van der Waals surface area contributed by atoms with Crippen molar-refractivity contribution in [2.75, 3.05) is 25.3 Å². The first-order valence-corrected chi connectivity index (χ1v) is 7.24. The first-order chi connectivity index (χ1) is 9.46. The summed E-state index contributed by atoms with van der Waals surface area (Å²) >= 11 is 1.34. The fourth-order valence-corrected chi connectivity index (χ4v) is 3.06. The van der Waals surface area contributed by atoms with Crippen molar-refractivity contribution in [1.29, 1.82) is 0 Å². The van der Waals surface area contributed by atoms with Crippen LogP contribution in [0.15, 0.2) is 12.6 Å². The average molecular weight is 298 g/mol. The molecule has 2 N–H and O–H groups in total. The first kappa shape index (κ1) is 16.7. The third-order valence-electron chi connectivity index (χ3n) is 2.86. The van der Waals surface area contributed by atoms with Gasteiger partial charge in [-0.15, -0.1) is 11.3 Å². The topological polar surface area (TPSA) is 64.8 Å². The maximum Gasteiger partial charge on any atom is 0.348 e. The van der Waals surface area contributed by atoms with Gasteiger partial charge >= 0.3 is 5.97 Å². The molecular weight excluding hydrogens is 276 g/mol. The minimum absolute atomic E-state index is 0.174. The quantitative estimate of drug-likeness (QED) is 0.619.